The monoisotopic (exact) mass is 582 g/mol. The summed E-state index contributed by atoms with van der Waals surface area (Å²) in [5.74, 6) is 2.87. The number of carbonyl (C=O) groups excluding carboxylic acids is 3. The fourth-order valence-electron chi connectivity index (χ4n) is 5.23. The van der Waals surface area contributed by atoms with Gasteiger partial charge >= 0.3 is 18.0 Å². The van der Waals surface area contributed by atoms with Gasteiger partial charge in [0.2, 0.25) is 0 Å². The summed E-state index contributed by atoms with van der Waals surface area (Å²) >= 11 is 1.62. The predicted molar refractivity (Wildman–Crippen MR) is 166 cm³/mol. The second kappa shape index (κ2) is 21.1. The highest BCUT2D eigenvalue weighted by atomic mass is 32.2. The average molecular weight is 583 g/mol. The Kier molecular flexibility index (Phi) is 19.1. The first-order valence-electron chi connectivity index (χ1n) is 15.5. The first-order chi connectivity index (χ1) is 19.1. The Hall–Kier alpha value is -1.70. The van der Waals surface area contributed by atoms with Crippen LogP contribution in [0.3, 0.4) is 0 Å². The van der Waals surface area contributed by atoms with Crippen LogP contribution in [0.1, 0.15) is 105 Å². The lowest BCUT2D eigenvalue weighted by Crippen LogP contribution is -2.51. The van der Waals surface area contributed by atoms with Gasteiger partial charge in [-0.1, -0.05) is 84.3 Å². The Balaban J connectivity index is 2.27. The molecule has 0 aromatic carbocycles. The summed E-state index contributed by atoms with van der Waals surface area (Å²) in [6.45, 7) is 12.5. The van der Waals surface area contributed by atoms with Crippen molar-refractivity contribution >= 4 is 29.7 Å². The number of carbonyl (C=O) groups is 3. The minimum absolute atomic E-state index is 0.169. The topological polar surface area (TPSA) is 84.9 Å². The van der Waals surface area contributed by atoms with E-state index in [-0.39, 0.29) is 17.9 Å². The Labute approximate surface area is 249 Å². The van der Waals surface area contributed by atoms with Crippen molar-refractivity contribution < 1.29 is 23.9 Å². The van der Waals surface area contributed by atoms with Crippen molar-refractivity contribution in [1.29, 1.82) is 0 Å². The van der Waals surface area contributed by atoms with Crippen LogP contribution in [0, 0.1) is 23.7 Å². The van der Waals surface area contributed by atoms with E-state index in [4.69, 9.17) is 9.47 Å². The molecule has 40 heavy (non-hydrogen) atoms. The Morgan fingerprint density at radius 2 is 1.48 bits per heavy atom. The minimum Gasteiger partial charge on any atom is -0.469 e. The standard InChI is InChI=1S/C32H58N2O5S/c1-24(2)11-8-12-25(3)13-9-14-26(4)15-10-16-27(5)19-22-40-23-29(31(36)39-7)33-32(37)34-20-17-28(18-21-34)30(35)38-6/h19,24-26,28-29H,8-18,20-23H2,1-7H3,(H,33,37)/b27-19+. The molecule has 1 fully saturated rings. The zero-order valence-corrected chi connectivity index (χ0v) is 27.3. The smallest absolute Gasteiger partial charge is 0.329 e. The van der Waals surface area contributed by atoms with Crippen LogP contribution in [-0.4, -0.2) is 67.7 Å². The summed E-state index contributed by atoms with van der Waals surface area (Å²) in [4.78, 5) is 38.4. The van der Waals surface area contributed by atoms with Gasteiger partial charge in [0.25, 0.3) is 0 Å². The molecule has 0 aliphatic carbocycles. The number of piperidine rings is 1. The van der Waals surface area contributed by atoms with Crippen molar-refractivity contribution in [2.24, 2.45) is 23.7 Å². The Bertz CT molecular complexity index is 764. The number of nitrogens with one attached hydrogen (secondary N) is 1. The number of methoxy groups -OCH3 is 2. The zero-order valence-electron chi connectivity index (χ0n) is 26.5. The highest BCUT2D eigenvalue weighted by Crippen LogP contribution is 2.22. The summed E-state index contributed by atoms with van der Waals surface area (Å²) in [6.07, 6.45) is 15.1. The predicted octanol–water partition coefficient (Wildman–Crippen LogP) is 7.24. The van der Waals surface area contributed by atoms with Gasteiger partial charge in [0.15, 0.2) is 0 Å². The number of thioether (sulfide) groups is 1. The lowest BCUT2D eigenvalue weighted by Gasteiger charge is -2.31. The number of esters is 2. The van der Waals surface area contributed by atoms with Crippen molar-refractivity contribution in [2.45, 2.75) is 111 Å². The molecule has 232 valence electrons. The molecular formula is C32H58N2O5S. The molecule has 1 aliphatic rings. The molecule has 0 bridgehead atoms. The lowest BCUT2D eigenvalue weighted by atomic mass is 9.91. The SMILES string of the molecule is COC(=O)C1CCN(C(=O)NC(CSC/C=C(\C)CCCC(C)CCCC(C)CCCC(C)C)C(=O)OC)CC1. The molecule has 0 aromatic rings. The summed E-state index contributed by atoms with van der Waals surface area (Å²) < 4.78 is 9.73. The van der Waals surface area contributed by atoms with E-state index in [0.717, 1.165) is 29.9 Å². The van der Waals surface area contributed by atoms with E-state index >= 15 is 0 Å². The van der Waals surface area contributed by atoms with E-state index in [0.29, 0.717) is 31.7 Å². The van der Waals surface area contributed by atoms with E-state index < -0.39 is 12.0 Å². The van der Waals surface area contributed by atoms with Gasteiger partial charge in [0.05, 0.1) is 20.1 Å². The van der Waals surface area contributed by atoms with Crippen molar-refractivity contribution in [3.63, 3.8) is 0 Å². The van der Waals surface area contributed by atoms with E-state index in [1.807, 2.05) is 0 Å². The molecule has 0 spiro atoms. The first-order valence-corrected chi connectivity index (χ1v) is 16.7. The molecule has 0 saturated carbocycles. The van der Waals surface area contributed by atoms with E-state index in [9.17, 15) is 14.4 Å². The number of hydrogen-bond donors (Lipinski definition) is 1. The third kappa shape index (κ3) is 15.9. The number of hydrogen-bond acceptors (Lipinski definition) is 6. The Morgan fingerprint density at radius 3 is 2.02 bits per heavy atom. The quantitative estimate of drug-likeness (QED) is 0.0982. The van der Waals surface area contributed by atoms with Crippen LogP contribution in [0.15, 0.2) is 11.6 Å². The zero-order chi connectivity index (χ0) is 29.9. The second-order valence-electron chi connectivity index (χ2n) is 12.3. The maximum Gasteiger partial charge on any atom is 0.329 e. The van der Waals surface area contributed by atoms with Crippen LogP contribution in [0.2, 0.25) is 0 Å². The summed E-state index contributed by atoms with van der Waals surface area (Å²) in [5, 5.41) is 2.82. The number of likely N-dealkylation sites (tertiary alicyclic amines) is 1. The normalized spacial score (nSPS) is 16.9. The van der Waals surface area contributed by atoms with Crippen LogP contribution in [0.4, 0.5) is 4.79 Å². The number of allylic oxidation sites excluding steroid dienone is 1. The van der Waals surface area contributed by atoms with Gasteiger partial charge in [-0.15, -0.1) is 0 Å². The van der Waals surface area contributed by atoms with E-state index in [1.54, 1.807) is 16.7 Å². The van der Waals surface area contributed by atoms with Crippen LogP contribution in [-0.2, 0) is 19.1 Å². The first kappa shape index (κ1) is 36.3. The van der Waals surface area contributed by atoms with Gasteiger partial charge in [0, 0.05) is 24.6 Å². The van der Waals surface area contributed by atoms with Gasteiger partial charge in [-0.05, 0) is 50.4 Å². The van der Waals surface area contributed by atoms with Crippen molar-refractivity contribution in [1.82, 2.24) is 10.2 Å². The van der Waals surface area contributed by atoms with Gasteiger partial charge in [0.1, 0.15) is 6.04 Å². The fraction of sp³-hybridized carbons (Fsp3) is 0.844. The number of ether oxygens (including phenoxy) is 2. The number of rotatable bonds is 19. The molecule has 2 amide bonds. The second-order valence-corrected chi connectivity index (χ2v) is 13.3. The van der Waals surface area contributed by atoms with E-state index in [1.165, 1.54) is 71.2 Å². The Morgan fingerprint density at radius 1 is 0.900 bits per heavy atom. The maximum absolute atomic E-state index is 12.7. The van der Waals surface area contributed by atoms with Gasteiger partial charge in [-0.2, -0.15) is 11.8 Å². The average Bonchev–Trinajstić information content (AvgIpc) is 2.93. The molecule has 1 rings (SSSR count). The van der Waals surface area contributed by atoms with Crippen molar-refractivity contribution in [3.05, 3.63) is 11.6 Å². The van der Waals surface area contributed by atoms with Gasteiger partial charge in [-0.25, -0.2) is 9.59 Å². The number of amides is 2. The highest BCUT2D eigenvalue weighted by Gasteiger charge is 2.30. The molecule has 0 aromatic heterocycles. The largest absolute Gasteiger partial charge is 0.469 e. The fourth-order valence-corrected chi connectivity index (χ4v) is 6.23. The molecule has 3 unspecified atom stereocenters. The van der Waals surface area contributed by atoms with Crippen LogP contribution < -0.4 is 5.32 Å². The lowest BCUT2D eigenvalue weighted by molar-refractivity contribution is -0.146. The number of urea groups is 1. The van der Waals surface area contributed by atoms with E-state index in [2.05, 4.69) is 46.0 Å². The number of nitrogens with zero attached hydrogens (tertiary/aromatic N) is 1. The van der Waals surface area contributed by atoms with Crippen molar-refractivity contribution in [2.75, 3.05) is 38.8 Å². The molecule has 1 saturated heterocycles. The molecule has 8 heteroatoms. The van der Waals surface area contributed by atoms with Crippen molar-refractivity contribution in [3.8, 4) is 0 Å². The summed E-state index contributed by atoms with van der Waals surface area (Å²) in [6, 6.07) is -0.992. The van der Waals surface area contributed by atoms with Crippen LogP contribution >= 0.6 is 11.8 Å². The summed E-state index contributed by atoms with van der Waals surface area (Å²) in [7, 11) is 2.73. The third-order valence-corrected chi connectivity index (χ3v) is 9.05. The highest BCUT2D eigenvalue weighted by molar-refractivity contribution is 7.99. The molecule has 1 N–H and O–H groups in total. The molecule has 0 radical (unpaired) electrons. The van der Waals surface area contributed by atoms with Crippen LogP contribution in [0.5, 0.6) is 0 Å². The summed E-state index contributed by atoms with van der Waals surface area (Å²) in [5.41, 5.74) is 1.38. The molecule has 3 atom stereocenters. The van der Waals surface area contributed by atoms with Crippen LogP contribution in [0.25, 0.3) is 0 Å². The molecular weight excluding hydrogens is 524 g/mol. The molecule has 1 heterocycles. The van der Waals surface area contributed by atoms with Gasteiger partial charge < -0.3 is 19.7 Å². The molecule has 1 aliphatic heterocycles. The van der Waals surface area contributed by atoms with Gasteiger partial charge in [-0.3, -0.25) is 4.79 Å². The maximum atomic E-state index is 12.7. The minimum atomic E-state index is -0.701. The molecule has 7 nitrogen and oxygen atoms in total. The third-order valence-electron chi connectivity index (χ3n) is 8.07.